The van der Waals surface area contributed by atoms with Gasteiger partial charge >= 0.3 is 0 Å². The summed E-state index contributed by atoms with van der Waals surface area (Å²) in [6, 6.07) is 11.3. The van der Waals surface area contributed by atoms with Crippen LogP contribution in [0.5, 0.6) is 0 Å². The van der Waals surface area contributed by atoms with E-state index in [1.165, 1.54) is 18.3 Å². The van der Waals surface area contributed by atoms with Gasteiger partial charge in [0.25, 0.3) is 0 Å². The van der Waals surface area contributed by atoms with Crippen molar-refractivity contribution in [2.24, 2.45) is 0 Å². The van der Waals surface area contributed by atoms with Crippen molar-refractivity contribution < 1.29 is 4.39 Å². The van der Waals surface area contributed by atoms with Gasteiger partial charge in [-0.3, -0.25) is 0 Å². The van der Waals surface area contributed by atoms with Crippen molar-refractivity contribution in [1.29, 1.82) is 0 Å². The second-order valence-electron chi connectivity index (χ2n) is 4.89. The number of benzene rings is 2. The Labute approximate surface area is 147 Å². The van der Waals surface area contributed by atoms with E-state index in [-0.39, 0.29) is 5.82 Å². The van der Waals surface area contributed by atoms with Gasteiger partial charge in [-0.1, -0.05) is 35.3 Å². The molecule has 3 aromatic rings. The van der Waals surface area contributed by atoms with E-state index in [2.05, 4.69) is 25.8 Å². The normalized spacial score (nSPS) is 10.5. The van der Waals surface area contributed by atoms with Crippen LogP contribution in [-0.4, -0.2) is 15.2 Å². The van der Waals surface area contributed by atoms with Crippen molar-refractivity contribution in [3.63, 3.8) is 0 Å². The SMILES string of the molecule is Fc1ccc(CNc2cnnc(Nc3ccc(Cl)cc3Cl)n2)cc1. The van der Waals surface area contributed by atoms with Gasteiger partial charge in [-0.25, -0.2) is 4.39 Å². The lowest BCUT2D eigenvalue weighted by Gasteiger charge is -2.09. The molecule has 122 valence electrons. The van der Waals surface area contributed by atoms with Gasteiger partial charge in [0.2, 0.25) is 5.95 Å². The Morgan fingerprint density at radius 1 is 1.04 bits per heavy atom. The Hall–Kier alpha value is -2.44. The molecular formula is C16H12Cl2FN5. The molecule has 5 nitrogen and oxygen atoms in total. The van der Waals surface area contributed by atoms with E-state index in [4.69, 9.17) is 23.2 Å². The van der Waals surface area contributed by atoms with Crippen molar-refractivity contribution >= 4 is 40.7 Å². The molecule has 0 saturated heterocycles. The highest BCUT2D eigenvalue weighted by molar-refractivity contribution is 6.36. The molecule has 2 N–H and O–H groups in total. The first-order valence-electron chi connectivity index (χ1n) is 7.00. The highest BCUT2D eigenvalue weighted by Gasteiger charge is 2.05. The predicted molar refractivity (Wildman–Crippen MR) is 93.3 cm³/mol. The van der Waals surface area contributed by atoms with Gasteiger partial charge in [-0.05, 0) is 35.9 Å². The molecule has 24 heavy (non-hydrogen) atoms. The number of nitrogens with one attached hydrogen (secondary N) is 2. The van der Waals surface area contributed by atoms with E-state index in [0.29, 0.717) is 34.0 Å². The summed E-state index contributed by atoms with van der Waals surface area (Å²) in [6.07, 6.45) is 1.50. The maximum atomic E-state index is 12.9. The average Bonchev–Trinajstić information content (AvgIpc) is 2.57. The van der Waals surface area contributed by atoms with Crippen molar-refractivity contribution in [1.82, 2.24) is 15.2 Å². The van der Waals surface area contributed by atoms with Crippen LogP contribution in [0.4, 0.5) is 21.8 Å². The standard InChI is InChI=1S/C16H12Cl2FN5/c17-11-3-6-14(13(18)7-11)22-16-23-15(9-21-24-16)20-8-10-1-4-12(19)5-2-10/h1-7,9H,8H2,(H2,20,22,23,24). The van der Waals surface area contributed by atoms with E-state index >= 15 is 0 Å². The fourth-order valence-corrected chi connectivity index (χ4v) is 2.40. The zero-order valence-electron chi connectivity index (χ0n) is 12.3. The highest BCUT2D eigenvalue weighted by atomic mass is 35.5. The molecule has 0 aliphatic heterocycles. The van der Waals surface area contributed by atoms with Crippen LogP contribution >= 0.6 is 23.2 Å². The molecule has 3 rings (SSSR count). The third-order valence-corrected chi connectivity index (χ3v) is 3.67. The molecular weight excluding hydrogens is 352 g/mol. The van der Waals surface area contributed by atoms with Gasteiger partial charge in [0, 0.05) is 11.6 Å². The molecule has 0 unspecified atom stereocenters. The number of hydrogen-bond acceptors (Lipinski definition) is 5. The number of anilines is 3. The fraction of sp³-hybridized carbons (Fsp3) is 0.0625. The molecule has 0 amide bonds. The number of aromatic nitrogens is 3. The van der Waals surface area contributed by atoms with E-state index in [9.17, 15) is 4.39 Å². The average molecular weight is 364 g/mol. The lowest BCUT2D eigenvalue weighted by Crippen LogP contribution is -2.05. The molecule has 2 aromatic carbocycles. The first-order chi connectivity index (χ1) is 11.6. The number of nitrogens with zero attached hydrogens (tertiary/aromatic N) is 3. The van der Waals surface area contributed by atoms with Crippen LogP contribution in [0.3, 0.4) is 0 Å². The maximum absolute atomic E-state index is 12.9. The van der Waals surface area contributed by atoms with Gasteiger partial charge in [0.05, 0.1) is 16.9 Å². The van der Waals surface area contributed by atoms with Crippen LogP contribution < -0.4 is 10.6 Å². The lowest BCUT2D eigenvalue weighted by atomic mass is 10.2. The maximum Gasteiger partial charge on any atom is 0.249 e. The minimum atomic E-state index is -0.270. The van der Waals surface area contributed by atoms with Crippen LogP contribution in [0.25, 0.3) is 0 Å². The second kappa shape index (κ2) is 7.42. The van der Waals surface area contributed by atoms with E-state index in [1.807, 2.05) is 0 Å². The summed E-state index contributed by atoms with van der Waals surface area (Å²) in [7, 11) is 0. The Morgan fingerprint density at radius 3 is 2.58 bits per heavy atom. The zero-order valence-corrected chi connectivity index (χ0v) is 13.8. The Morgan fingerprint density at radius 2 is 1.83 bits per heavy atom. The van der Waals surface area contributed by atoms with Crippen molar-refractivity contribution in [2.45, 2.75) is 6.54 Å². The van der Waals surface area contributed by atoms with Crippen LogP contribution in [0.2, 0.25) is 10.0 Å². The van der Waals surface area contributed by atoms with E-state index in [0.717, 1.165) is 5.56 Å². The summed E-state index contributed by atoms with van der Waals surface area (Å²) in [5.41, 5.74) is 1.55. The Kier molecular flexibility index (Phi) is 5.08. The predicted octanol–water partition coefficient (Wildman–Crippen LogP) is 4.67. The van der Waals surface area contributed by atoms with Crippen molar-refractivity contribution in [3.05, 3.63) is 70.1 Å². The third-order valence-electron chi connectivity index (χ3n) is 3.12. The molecule has 0 atom stereocenters. The zero-order chi connectivity index (χ0) is 16.9. The molecule has 8 heteroatoms. The monoisotopic (exact) mass is 363 g/mol. The number of hydrogen-bond donors (Lipinski definition) is 2. The number of halogens is 3. The Balaban J connectivity index is 1.68. The summed E-state index contributed by atoms with van der Waals surface area (Å²) in [5.74, 6) is 0.555. The smallest absolute Gasteiger partial charge is 0.249 e. The number of rotatable bonds is 5. The van der Waals surface area contributed by atoms with Crippen LogP contribution in [-0.2, 0) is 6.54 Å². The minimum absolute atomic E-state index is 0.270. The first kappa shape index (κ1) is 16.4. The van der Waals surface area contributed by atoms with Gasteiger partial charge in [-0.2, -0.15) is 10.1 Å². The summed E-state index contributed by atoms with van der Waals surface area (Å²) in [4.78, 5) is 4.30. The molecule has 1 aromatic heterocycles. The summed E-state index contributed by atoms with van der Waals surface area (Å²) < 4.78 is 12.9. The van der Waals surface area contributed by atoms with Gasteiger partial charge in [0.1, 0.15) is 5.82 Å². The molecule has 0 spiro atoms. The fourth-order valence-electron chi connectivity index (χ4n) is 1.95. The van der Waals surface area contributed by atoms with Crippen LogP contribution in [0, 0.1) is 5.82 Å². The molecule has 0 aliphatic carbocycles. The molecule has 0 saturated carbocycles. The largest absolute Gasteiger partial charge is 0.365 e. The van der Waals surface area contributed by atoms with E-state index < -0.39 is 0 Å². The van der Waals surface area contributed by atoms with Crippen molar-refractivity contribution in [2.75, 3.05) is 10.6 Å². The summed E-state index contributed by atoms with van der Waals surface area (Å²) in [5, 5.41) is 14.9. The summed E-state index contributed by atoms with van der Waals surface area (Å²) in [6.45, 7) is 0.486. The molecule has 0 bridgehead atoms. The van der Waals surface area contributed by atoms with Gasteiger partial charge in [-0.15, -0.1) is 5.10 Å². The lowest BCUT2D eigenvalue weighted by molar-refractivity contribution is 0.627. The third kappa shape index (κ3) is 4.31. The molecule has 0 aliphatic rings. The topological polar surface area (TPSA) is 62.7 Å². The van der Waals surface area contributed by atoms with Gasteiger partial charge in [0.15, 0.2) is 5.82 Å². The minimum Gasteiger partial charge on any atom is -0.365 e. The van der Waals surface area contributed by atoms with Crippen molar-refractivity contribution in [3.8, 4) is 0 Å². The summed E-state index contributed by atoms with van der Waals surface area (Å²) >= 11 is 12.0. The molecule has 1 heterocycles. The molecule has 0 radical (unpaired) electrons. The first-order valence-corrected chi connectivity index (χ1v) is 7.76. The highest BCUT2D eigenvalue weighted by Crippen LogP contribution is 2.27. The van der Waals surface area contributed by atoms with Crippen LogP contribution in [0.15, 0.2) is 48.7 Å². The Bertz CT molecular complexity index is 842. The van der Waals surface area contributed by atoms with Gasteiger partial charge < -0.3 is 10.6 Å². The van der Waals surface area contributed by atoms with E-state index in [1.54, 1.807) is 30.3 Å². The quantitative estimate of drug-likeness (QED) is 0.689. The second-order valence-corrected chi connectivity index (χ2v) is 5.74. The molecule has 0 fully saturated rings. The van der Waals surface area contributed by atoms with Crippen LogP contribution in [0.1, 0.15) is 5.56 Å².